The minimum atomic E-state index is -1.61. The number of Topliss-reactive ketones (excluding diaryl/α,β-unsaturated/α-hetero) is 2. The fourth-order valence-corrected chi connectivity index (χ4v) is 10.1. The van der Waals surface area contributed by atoms with Crippen LogP contribution < -0.4 is 9.47 Å². The molecular weight excluding hydrogens is 737 g/mol. The van der Waals surface area contributed by atoms with Gasteiger partial charge in [0.05, 0.1) is 24.4 Å². The van der Waals surface area contributed by atoms with Crippen molar-refractivity contribution < 1.29 is 43.5 Å². The summed E-state index contributed by atoms with van der Waals surface area (Å²) in [6.07, 6.45) is 14.5. The van der Waals surface area contributed by atoms with Crippen LogP contribution >= 0.6 is 0 Å². The summed E-state index contributed by atoms with van der Waals surface area (Å²) in [5.41, 5.74) is -0.564. The molecule has 1 spiro atoms. The second-order valence-electron chi connectivity index (χ2n) is 18.4. The SMILES string of the molecule is CC(C)=CCCC1(C)C=Cc2c(O)c3c(c(CC=C(C)C)c2O1)OC12C(=CC4CC1C(C)(C)OC2(C/C=C(/C)C(=O)OCCCN1CCN(CCO)CC1)C4=O)C3=O. The van der Waals surface area contributed by atoms with Crippen molar-refractivity contribution >= 4 is 23.6 Å². The number of esters is 1. The molecule has 5 unspecified atom stereocenters. The first kappa shape index (κ1) is 42.1. The molecule has 7 aliphatic rings. The van der Waals surface area contributed by atoms with E-state index < -0.39 is 34.3 Å². The van der Waals surface area contributed by atoms with Gasteiger partial charge in [-0.25, -0.2) is 4.79 Å². The van der Waals surface area contributed by atoms with Crippen LogP contribution in [0.4, 0.5) is 0 Å². The third-order valence-corrected chi connectivity index (χ3v) is 13.2. The lowest BCUT2D eigenvalue weighted by molar-refractivity contribution is -0.171. The van der Waals surface area contributed by atoms with Crippen LogP contribution in [-0.2, 0) is 25.5 Å². The van der Waals surface area contributed by atoms with Gasteiger partial charge in [-0.15, -0.1) is 0 Å². The van der Waals surface area contributed by atoms with Gasteiger partial charge in [-0.05, 0) is 99.6 Å². The van der Waals surface area contributed by atoms with Crippen molar-refractivity contribution in [2.24, 2.45) is 11.8 Å². The first-order valence-corrected chi connectivity index (χ1v) is 21.1. The molecule has 1 saturated carbocycles. The number of benzene rings is 1. The lowest BCUT2D eigenvalue weighted by Gasteiger charge is -2.56. The van der Waals surface area contributed by atoms with Crippen LogP contribution in [0.1, 0.15) is 109 Å². The van der Waals surface area contributed by atoms with E-state index in [4.69, 9.17) is 18.9 Å². The molecule has 0 amide bonds. The molecule has 2 saturated heterocycles. The van der Waals surface area contributed by atoms with E-state index in [-0.39, 0.29) is 54.2 Å². The third-order valence-electron chi connectivity index (χ3n) is 13.2. The smallest absolute Gasteiger partial charge is 0.333 e. The van der Waals surface area contributed by atoms with Crippen LogP contribution in [0.15, 0.2) is 52.7 Å². The van der Waals surface area contributed by atoms with Crippen LogP contribution in [0.25, 0.3) is 6.08 Å². The van der Waals surface area contributed by atoms with E-state index in [1.54, 1.807) is 19.1 Å². The van der Waals surface area contributed by atoms with Crippen molar-refractivity contribution in [1.82, 2.24) is 9.80 Å². The molecule has 8 rings (SSSR count). The fourth-order valence-electron chi connectivity index (χ4n) is 10.1. The number of carbonyl (C=O) groups is 3. The molecule has 4 aliphatic heterocycles. The number of phenols is 1. The Balaban J connectivity index is 1.21. The number of hydrogen-bond donors (Lipinski definition) is 2. The average molecular weight is 799 g/mol. The number of carbonyl (C=O) groups excluding carboxylic acids is 3. The maximum atomic E-state index is 15.0. The average Bonchev–Trinajstić information content (AvgIpc) is 3.32. The zero-order valence-electron chi connectivity index (χ0n) is 35.7. The highest BCUT2D eigenvalue weighted by Gasteiger charge is 2.81. The standard InChI is InChI=1S/C47H62N2O9/c1-29(2)11-9-16-45(8)17-15-33-38(51)37-39(52)35-27-32-28-36-44(6,7)58-46(42(32)53,47(35,36)57-41(37)34(40(33)56-45)13-12-30(3)4)18-14-31(5)43(54)55-26-10-19-48-20-22-49(23-21-48)24-25-50/h11-12,14-15,17,27,32,36,50-51H,9-10,13,16,18-26,28H2,1-8H3/b31-14-. The number of aliphatic hydroxyl groups is 1. The van der Waals surface area contributed by atoms with Gasteiger partial charge < -0.3 is 34.1 Å². The Kier molecular flexibility index (Phi) is 11.5. The number of aromatic hydroxyl groups is 1. The first-order valence-electron chi connectivity index (χ1n) is 21.1. The fraction of sp³-hybridized carbons (Fsp3) is 0.596. The Labute approximate surface area is 343 Å². The van der Waals surface area contributed by atoms with Crippen molar-refractivity contribution in [3.8, 4) is 17.2 Å². The van der Waals surface area contributed by atoms with Gasteiger partial charge in [0.15, 0.2) is 22.8 Å². The molecule has 0 radical (unpaired) electrons. The van der Waals surface area contributed by atoms with Crippen molar-refractivity contribution in [3.63, 3.8) is 0 Å². The van der Waals surface area contributed by atoms with Crippen molar-refractivity contribution in [1.29, 1.82) is 0 Å². The predicted octanol–water partition coefficient (Wildman–Crippen LogP) is 6.70. The Morgan fingerprint density at radius 1 is 0.948 bits per heavy atom. The van der Waals surface area contributed by atoms with Gasteiger partial charge in [0, 0.05) is 74.2 Å². The number of hydrogen-bond acceptors (Lipinski definition) is 11. The molecule has 11 heteroatoms. The van der Waals surface area contributed by atoms with Crippen molar-refractivity contribution in [2.75, 3.05) is 52.5 Å². The molecular formula is C47H62N2O9. The van der Waals surface area contributed by atoms with Gasteiger partial charge in [-0.2, -0.15) is 0 Å². The van der Waals surface area contributed by atoms with Crippen LogP contribution in [0.2, 0.25) is 0 Å². The monoisotopic (exact) mass is 798 g/mol. The topological polar surface area (TPSA) is 135 Å². The van der Waals surface area contributed by atoms with E-state index in [9.17, 15) is 19.8 Å². The summed E-state index contributed by atoms with van der Waals surface area (Å²) >= 11 is 0. The molecule has 11 nitrogen and oxygen atoms in total. The van der Waals surface area contributed by atoms with E-state index in [2.05, 4.69) is 35.8 Å². The summed E-state index contributed by atoms with van der Waals surface area (Å²) in [7, 11) is 0. The summed E-state index contributed by atoms with van der Waals surface area (Å²) in [5.74, 6) is -1.51. The third kappa shape index (κ3) is 7.20. The second kappa shape index (κ2) is 15.9. The van der Waals surface area contributed by atoms with E-state index >= 15 is 4.79 Å². The summed E-state index contributed by atoms with van der Waals surface area (Å²) in [6, 6.07) is 0. The number of allylic oxidation sites excluding steroid dienone is 5. The lowest BCUT2D eigenvalue weighted by Crippen LogP contribution is -2.72. The highest BCUT2D eigenvalue weighted by Crippen LogP contribution is 2.68. The van der Waals surface area contributed by atoms with Crippen LogP contribution in [-0.4, -0.2) is 112 Å². The van der Waals surface area contributed by atoms with Gasteiger partial charge in [0.2, 0.25) is 0 Å². The predicted molar refractivity (Wildman–Crippen MR) is 222 cm³/mol. The van der Waals surface area contributed by atoms with E-state index in [0.717, 1.165) is 44.7 Å². The highest BCUT2D eigenvalue weighted by atomic mass is 16.6. The molecule has 4 heterocycles. The molecule has 2 N–H and O–H groups in total. The van der Waals surface area contributed by atoms with Gasteiger partial charge in [-0.1, -0.05) is 35.5 Å². The number of piperazine rings is 1. The Bertz CT molecular complexity index is 2010. The van der Waals surface area contributed by atoms with Crippen molar-refractivity contribution in [2.45, 2.75) is 116 Å². The van der Waals surface area contributed by atoms with E-state index in [0.29, 0.717) is 60.3 Å². The van der Waals surface area contributed by atoms with E-state index in [1.807, 2.05) is 46.8 Å². The Morgan fingerprint density at radius 3 is 2.31 bits per heavy atom. The Hall–Kier alpha value is -4.03. The van der Waals surface area contributed by atoms with Crippen molar-refractivity contribution in [3.05, 3.63) is 69.4 Å². The summed E-state index contributed by atoms with van der Waals surface area (Å²) < 4.78 is 26.8. The molecule has 0 aromatic heterocycles. The molecule has 3 aliphatic carbocycles. The van der Waals surface area contributed by atoms with Crippen LogP contribution in [0.3, 0.4) is 0 Å². The number of nitrogens with zero attached hydrogens (tertiary/aromatic N) is 2. The van der Waals surface area contributed by atoms with E-state index in [1.165, 1.54) is 5.57 Å². The van der Waals surface area contributed by atoms with Gasteiger partial charge >= 0.3 is 5.97 Å². The van der Waals surface area contributed by atoms with Gasteiger partial charge in [0.1, 0.15) is 28.4 Å². The molecule has 3 fully saturated rings. The number of ether oxygens (including phenoxy) is 4. The zero-order valence-corrected chi connectivity index (χ0v) is 35.7. The molecule has 1 aromatic rings. The number of ketones is 2. The number of rotatable bonds is 14. The lowest BCUT2D eigenvalue weighted by atomic mass is 9.51. The number of β-amino-alcohol motifs (C(OH)–C–C–N with tert-alkyl or cyclic N) is 1. The summed E-state index contributed by atoms with van der Waals surface area (Å²) in [6.45, 7) is 21.3. The minimum absolute atomic E-state index is 0.00314. The first-order chi connectivity index (χ1) is 27.5. The number of aliphatic hydroxyl groups excluding tert-OH is 1. The molecule has 5 atom stereocenters. The summed E-state index contributed by atoms with van der Waals surface area (Å²) in [5, 5.41) is 21.2. The normalized spacial score (nSPS) is 29.5. The largest absolute Gasteiger partial charge is 0.506 e. The Morgan fingerprint density at radius 2 is 1.64 bits per heavy atom. The molecule has 4 bridgehead atoms. The van der Waals surface area contributed by atoms with Crippen LogP contribution in [0.5, 0.6) is 17.2 Å². The number of phenolic OH excluding ortho intramolecular Hbond substituents is 1. The van der Waals surface area contributed by atoms with Gasteiger partial charge in [0.25, 0.3) is 0 Å². The van der Waals surface area contributed by atoms with Gasteiger partial charge in [-0.3, -0.25) is 14.5 Å². The second-order valence-corrected chi connectivity index (χ2v) is 18.4. The van der Waals surface area contributed by atoms with Crippen LogP contribution in [0, 0.1) is 11.8 Å². The molecule has 58 heavy (non-hydrogen) atoms. The number of fused-ring (bicyclic) bond motifs is 2. The zero-order chi connectivity index (χ0) is 41.8. The molecule has 1 aromatic carbocycles. The highest BCUT2D eigenvalue weighted by molar-refractivity contribution is 6.19. The minimum Gasteiger partial charge on any atom is -0.506 e. The quantitative estimate of drug-likeness (QED) is 0.0902. The molecule has 314 valence electrons. The maximum absolute atomic E-state index is 15.0. The summed E-state index contributed by atoms with van der Waals surface area (Å²) in [4.78, 5) is 47.7. The maximum Gasteiger partial charge on any atom is 0.333 e.